The van der Waals surface area contributed by atoms with Gasteiger partial charge in [0.2, 0.25) is 5.91 Å². The first-order chi connectivity index (χ1) is 9.42. The minimum Gasteiger partial charge on any atom is -0.508 e. The van der Waals surface area contributed by atoms with E-state index in [1.165, 1.54) is 0 Å². The Morgan fingerprint density at radius 3 is 2.45 bits per heavy atom. The Balaban J connectivity index is 2.44. The van der Waals surface area contributed by atoms with Crippen LogP contribution in [-0.4, -0.2) is 23.1 Å². The smallest absolute Gasteiger partial charge is 0.237 e. The van der Waals surface area contributed by atoms with E-state index in [2.05, 4.69) is 19.2 Å². The van der Waals surface area contributed by atoms with Crippen LogP contribution in [0.5, 0.6) is 5.75 Å². The zero-order chi connectivity index (χ0) is 15.1. The summed E-state index contributed by atoms with van der Waals surface area (Å²) in [7, 11) is 0. The van der Waals surface area contributed by atoms with Gasteiger partial charge in [0.05, 0.1) is 6.04 Å². The normalized spacial score (nSPS) is 15.4. The van der Waals surface area contributed by atoms with Crippen LogP contribution in [0.25, 0.3) is 0 Å². The fourth-order valence-electron chi connectivity index (χ4n) is 2.16. The highest BCUT2D eigenvalue weighted by atomic mass is 16.3. The van der Waals surface area contributed by atoms with Crippen LogP contribution in [0.2, 0.25) is 0 Å². The number of nitrogens with two attached hydrogens (primary N) is 1. The maximum absolute atomic E-state index is 12.0. The molecule has 1 amide bonds. The van der Waals surface area contributed by atoms with E-state index in [1.807, 2.05) is 6.92 Å². The van der Waals surface area contributed by atoms with Gasteiger partial charge in [0.25, 0.3) is 0 Å². The van der Waals surface area contributed by atoms with Crippen LogP contribution in [0.1, 0.15) is 39.2 Å². The van der Waals surface area contributed by atoms with Gasteiger partial charge in [-0.1, -0.05) is 32.4 Å². The number of nitrogens with one attached hydrogen (secondary N) is 1. The molecular weight excluding hydrogens is 252 g/mol. The summed E-state index contributed by atoms with van der Waals surface area (Å²) in [5.74, 6) is 0.696. The van der Waals surface area contributed by atoms with Gasteiger partial charge in [-0.05, 0) is 43.4 Å². The lowest BCUT2D eigenvalue weighted by Gasteiger charge is -2.20. The van der Waals surface area contributed by atoms with E-state index in [-0.39, 0.29) is 17.7 Å². The molecule has 0 saturated heterocycles. The molecule has 4 N–H and O–H groups in total. The minimum atomic E-state index is -0.557. The van der Waals surface area contributed by atoms with Crippen molar-refractivity contribution in [2.75, 3.05) is 0 Å². The quantitative estimate of drug-likeness (QED) is 0.715. The lowest BCUT2D eigenvalue weighted by Crippen LogP contribution is -2.45. The largest absolute Gasteiger partial charge is 0.508 e. The average molecular weight is 278 g/mol. The summed E-state index contributed by atoms with van der Waals surface area (Å²) in [6.45, 7) is 6.34. The Morgan fingerprint density at radius 2 is 1.90 bits per heavy atom. The number of amides is 1. The van der Waals surface area contributed by atoms with Gasteiger partial charge in [-0.2, -0.15) is 0 Å². The molecule has 1 rings (SSSR count). The van der Waals surface area contributed by atoms with Crippen molar-refractivity contribution in [3.63, 3.8) is 0 Å². The second-order valence-electron chi connectivity index (χ2n) is 5.64. The maximum atomic E-state index is 12.0. The van der Waals surface area contributed by atoms with Crippen molar-refractivity contribution in [2.24, 2.45) is 11.7 Å². The first-order valence-electron chi connectivity index (χ1n) is 7.26. The Bertz CT molecular complexity index is 417. The first-order valence-corrected chi connectivity index (χ1v) is 7.26. The van der Waals surface area contributed by atoms with E-state index in [0.717, 1.165) is 18.4 Å². The Hall–Kier alpha value is -1.55. The number of hydrogen-bond acceptors (Lipinski definition) is 3. The second kappa shape index (κ2) is 7.90. The fraction of sp³-hybridized carbons (Fsp3) is 0.562. The van der Waals surface area contributed by atoms with Crippen molar-refractivity contribution < 1.29 is 9.90 Å². The van der Waals surface area contributed by atoms with Crippen molar-refractivity contribution in [1.29, 1.82) is 0 Å². The molecule has 112 valence electrons. The molecule has 0 heterocycles. The number of hydrogen-bond donors (Lipinski definition) is 3. The molecule has 20 heavy (non-hydrogen) atoms. The van der Waals surface area contributed by atoms with E-state index >= 15 is 0 Å². The maximum Gasteiger partial charge on any atom is 0.237 e. The highest BCUT2D eigenvalue weighted by molar-refractivity contribution is 5.82. The predicted octanol–water partition coefficient (Wildman–Crippen LogP) is 2.20. The van der Waals surface area contributed by atoms with Gasteiger partial charge in [-0.3, -0.25) is 4.79 Å². The van der Waals surface area contributed by atoms with Crippen LogP contribution in [0.4, 0.5) is 0 Å². The fourth-order valence-corrected chi connectivity index (χ4v) is 2.16. The van der Waals surface area contributed by atoms with Gasteiger partial charge in [0, 0.05) is 6.04 Å². The van der Waals surface area contributed by atoms with Crippen molar-refractivity contribution in [1.82, 2.24) is 5.32 Å². The van der Waals surface area contributed by atoms with Crippen LogP contribution in [-0.2, 0) is 11.2 Å². The van der Waals surface area contributed by atoms with Gasteiger partial charge in [0.1, 0.15) is 5.75 Å². The van der Waals surface area contributed by atoms with E-state index in [9.17, 15) is 9.90 Å². The Labute approximate surface area is 121 Å². The molecule has 0 aromatic heterocycles. The van der Waals surface area contributed by atoms with E-state index in [0.29, 0.717) is 12.3 Å². The molecule has 0 fully saturated rings. The summed E-state index contributed by atoms with van der Waals surface area (Å²) in [5.41, 5.74) is 6.87. The van der Waals surface area contributed by atoms with Crippen LogP contribution in [0.15, 0.2) is 24.3 Å². The number of carbonyl (C=O) groups excluding carboxylic acids is 1. The SMILES string of the molecule is CCC(C)CC(C)NC(=O)[C@H](N)Cc1ccc(O)cc1. The highest BCUT2D eigenvalue weighted by Crippen LogP contribution is 2.12. The van der Waals surface area contributed by atoms with Crippen molar-refractivity contribution in [3.8, 4) is 5.75 Å². The van der Waals surface area contributed by atoms with Gasteiger partial charge < -0.3 is 16.2 Å². The predicted molar refractivity (Wildman–Crippen MR) is 81.5 cm³/mol. The third-order valence-corrected chi connectivity index (χ3v) is 3.57. The lowest BCUT2D eigenvalue weighted by molar-refractivity contribution is -0.123. The average Bonchev–Trinajstić information content (AvgIpc) is 2.40. The molecule has 0 radical (unpaired) electrons. The summed E-state index contributed by atoms with van der Waals surface area (Å²) >= 11 is 0. The molecule has 1 aromatic rings. The number of aromatic hydroxyl groups is 1. The zero-order valence-electron chi connectivity index (χ0n) is 12.6. The summed E-state index contributed by atoms with van der Waals surface area (Å²) in [6, 6.07) is 6.36. The van der Waals surface area contributed by atoms with E-state index in [4.69, 9.17) is 5.73 Å². The van der Waals surface area contributed by atoms with Crippen molar-refractivity contribution >= 4 is 5.91 Å². The molecule has 4 heteroatoms. The number of rotatable bonds is 7. The van der Waals surface area contributed by atoms with E-state index in [1.54, 1.807) is 24.3 Å². The molecule has 3 atom stereocenters. The van der Waals surface area contributed by atoms with Gasteiger partial charge in [-0.15, -0.1) is 0 Å². The molecule has 0 bridgehead atoms. The zero-order valence-corrected chi connectivity index (χ0v) is 12.6. The molecule has 0 saturated carbocycles. The summed E-state index contributed by atoms with van der Waals surface area (Å²) in [5, 5.41) is 12.2. The van der Waals surface area contributed by atoms with Crippen molar-refractivity contribution in [3.05, 3.63) is 29.8 Å². The number of phenols is 1. The summed E-state index contributed by atoms with van der Waals surface area (Å²) in [4.78, 5) is 12.0. The molecule has 0 aliphatic rings. The highest BCUT2D eigenvalue weighted by Gasteiger charge is 2.17. The van der Waals surface area contributed by atoms with Crippen LogP contribution >= 0.6 is 0 Å². The van der Waals surface area contributed by atoms with Gasteiger partial charge in [0.15, 0.2) is 0 Å². The Kier molecular flexibility index (Phi) is 6.52. The summed E-state index contributed by atoms with van der Waals surface area (Å²) in [6.07, 6.45) is 2.55. The minimum absolute atomic E-state index is 0.117. The standard InChI is InChI=1S/C16H26N2O2/c1-4-11(2)9-12(3)18-16(20)15(17)10-13-5-7-14(19)8-6-13/h5-8,11-12,15,19H,4,9-10,17H2,1-3H3,(H,18,20)/t11?,12?,15-/m1/s1. The van der Waals surface area contributed by atoms with E-state index < -0.39 is 6.04 Å². The number of carbonyl (C=O) groups is 1. The van der Waals surface area contributed by atoms with Gasteiger partial charge in [-0.25, -0.2) is 0 Å². The van der Waals surface area contributed by atoms with Crippen LogP contribution in [0, 0.1) is 5.92 Å². The molecule has 2 unspecified atom stereocenters. The molecule has 0 aliphatic carbocycles. The monoisotopic (exact) mass is 278 g/mol. The van der Waals surface area contributed by atoms with Gasteiger partial charge >= 0.3 is 0 Å². The second-order valence-corrected chi connectivity index (χ2v) is 5.64. The van der Waals surface area contributed by atoms with Crippen LogP contribution in [0.3, 0.4) is 0 Å². The lowest BCUT2D eigenvalue weighted by atomic mass is 9.99. The third-order valence-electron chi connectivity index (χ3n) is 3.57. The molecular formula is C16H26N2O2. The van der Waals surface area contributed by atoms with Crippen LogP contribution < -0.4 is 11.1 Å². The van der Waals surface area contributed by atoms with Crippen molar-refractivity contribution in [2.45, 2.75) is 52.1 Å². The number of phenolic OH excluding ortho intramolecular Hbond substituents is 1. The summed E-state index contributed by atoms with van der Waals surface area (Å²) < 4.78 is 0. The third kappa shape index (κ3) is 5.61. The molecule has 4 nitrogen and oxygen atoms in total. The molecule has 0 spiro atoms. The molecule has 1 aromatic carbocycles. The topological polar surface area (TPSA) is 75.4 Å². The Morgan fingerprint density at radius 1 is 1.30 bits per heavy atom. The first kappa shape index (κ1) is 16.5. The number of benzene rings is 1. The molecule has 0 aliphatic heterocycles.